The Labute approximate surface area is 122 Å². The molecule has 0 spiro atoms. The van der Waals surface area contributed by atoms with Crippen molar-refractivity contribution in [1.82, 2.24) is 5.32 Å². The molecule has 0 saturated heterocycles. The molecule has 19 heavy (non-hydrogen) atoms. The van der Waals surface area contributed by atoms with Crippen LogP contribution in [0.5, 0.6) is 0 Å². The molecule has 1 N–H and O–H groups in total. The van der Waals surface area contributed by atoms with Crippen LogP contribution in [0, 0.1) is 5.41 Å². The van der Waals surface area contributed by atoms with Gasteiger partial charge in [0.15, 0.2) is 0 Å². The highest BCUT2D eigenvalue weighted by atomic mass is 35.5. The zero-order valence-electron chi connectivity index (χ0n) is 11.6. The molecule has 1 heterocycles. The lowest BCUT2D eigenvalue weighted by Gasteiger charge is -2.27. The molecule has 4 heteroatoms. The van der Waals surface area contributed by atoms with Gasteiger partial charge in [0.2, 0.25) is 0 Å². The molecule has 1 amide bonds. The Hall–Kier alpha value is -1.06. The van der Waals surface area contributed by atoms with Crippen molar-refractivity contribution in [1.29, 1.82) is 0 Å². The SMILES string of the molecule is C[C@@H](NC(=O)c1sc2ccccc2c1Cl)C(C)(C)C. The van der Waals surface area contributed by atoms with Gasteiger partial charge in [-0.2, -0.15) is 0 Å². The smallest absolute Gasteiger partial charge is 0.263 e. The molecule has 0 radical (unpaired) electrons. The van der Waals surface area contributed by atoms with Crippen LogP contribution in [-0.4, -0.2) is 11.9 Å². The van der Waals surface area contributed by atoms with E-state index in [2.05, 4.69) is 26.1 Å². The minimum Gasteiger partial charge on any atom is -0.348 e. The Morgan fingerprint density at radius 1 is 1.32 bits per heavy atom. The van der Waals surface area contributed by atoms with Gasteiger partial charge in [-0.05, 0) is 18.4 Å². The average molecular weight is 296 g/mol. The van der Waals surface area contributed by atoms with Gasteiger partial charge in [0.1, 0.15) is 4.88 Å². The highest BCUT2D eigenvalue weighted by Crippen LogP contribution is 2.35. The summed E-state index contributed by atoms with van der Waals surface area (Å²) in [4.78, 5) is 12.9. The van der Waals surface area contributed by atoms with E-state index < -0.39 is 0 Å². The molecule has 0 saturated carbocycles. The van der Waals surface area contributed by atoms with Crippen molar-refractivity contribution in [3.63, 3.8) is 0 Å². The normalized spacial score (nSPS) is 13.5. The van der Waals surface area contributed by atoms with Crippen molar-refractivity contribution in [2.24, 2.45) is 5.41 Å². The van der Waals surface area contributed by atoms with E-state index in [0.29, 0.717) is 9.90 Å². The molecule has 0 aliphatic heterocycles. The second-order valence-electron chi connectivity index (χ2n) is 5.80. The molecule has 1 aromatic carbocycles. The van der Waals surface area contributed by atoms with E-state index in [1.807, 2.05) is 31.2 Å². The van der Waals surface area contributed by atoms with Crippen molar-refractivity contribution in [3.05, 3.63) is 34.2 Å². The fourth-order valence-electron chi connectivity index (χ4n) is 1.64. The first kappa shape index (κ1) is 14.4. The molecule has 1 aromatic heterocycles. The number of benzene rings is 1. The maximum Gasteiger partial charge on any atom is 0.263 e. The van der Waals surface area contributed by atoms with Gasteiger partial charge >= 0.3 is 0 Å². The standard InChI is InChI=1S/C15H18ClNOS/c1-9(15(2,3)4)17-14(18)13-12(16)10-7-5-6-8-11(10)19-13/h5-9H,1-4H3,(H,17,18)/t9-/m1/s1. The number of carbonyl (C=O) groups is 1. The van der Waals surface area contributed by atoms with Crippen molar-refractivity contribution < 1.29 is 4.79 Å². The van der Waals surface area contributed by atoms with E-state index in [1.165, 1.54) is 11.3 Å². The van der Waals surface area contributed by atoms with Crippen LogP contribution in [0.4, 0.5) is 0 Å². The van der Waals surface area contributed by atoms with E-state index in [9.17, 15) is 4.79 Å². The molecule has 2 rings (SSSR count). The third kappa shape index (κ3) is 2.93. The summed E-state index contributed by atoms with van der Waals surface area (Å²) in [6.07, 6.45) is 0. The Morgan fingerprint density at radius 2 is 1.95 bits per heavy atom. The van der Waals surface area contributed by atoms with Crippen molar-refractivity contribution >= 4 is 38.9 Å². The van der Waals surface area contributed by atoms with Gasteiger partial charge in [-0.1, -0.05) is 50.6 Å². The molecular formula is C15H18ClNOS. The molecule has 0 bridgehead atoms. The average Bonchev–Trinajstić information content (AvgIpc) is 2.66. The van der Waals surface area contributed by atoms with Crippen molar-refractivity contribution in [2.75, 3.05) is 0 Å². The topological polar surface area (TPSA) is 29.1 Å². The zero-order valence-corrected chi connectivity index (χ0v) is 13.2. The molecule has 0 unspecified atom stereocenters. The van der Waals surface area contributed by atoms with E-state index in [0.717, 1.165) is 10.1 Å². The molecule has 1 atom stereocenters. The summed E-state index contributed by atoms with van der Waals surface area (Å²) >= 11 is 7.74. The summed E-state index contributed by atoms with van der Waals surface area (Å²) in [6.45, 7) is 8.32. The van der Waals surface area contributed by atoms with Crippen LogP contribution in [-0.2, 0) is 0 Å². The van der Waals surface area contributed by atoms with E-state index in [-0.39, 0.29) is 17.4 Å². The summed E-state index contributed by atoms with van der Waals surface area (Å²) in [7, 11) is 0. The first-order valence-electron chi connectivity index (χ1n) is 6.28. The van der Waals surface area contributed by atoms with Gasteiger partial charge in [0.05, 0.1) is 5.02 Å². The minimum atomic E-state index is -0.0892. The molecule has 2 aromatic rings. The minimum absolute atomic E-state index is 0.0266. The Kier molecular flexibility index (Phi) is 3.88. The number of halogens is 1. The number of nitrogens with one attached hydrogen (secondary N) is 1. The van der Waals surface area contributed by atoms with E-state index in [1.54, 1.807) is 0 Å². The number of hydrogen-bond acceptors (Lipinski definition) is 2. The number of fused-ring (bicyclic) bond motifs is 1. The highest BCUT2D eigenvalue weighted by Gasteiger charge is 2.24. The van der Waals surface area contributed by atoms with E-state index >= 15 is 0 Å². The molecule has 0 fully saturated rings. The second kappa shape index (κ2) is 5.14. The first-order valence-corrected chi connectivity index (χ1v) is 7.48. The number of carbonyl (C=O) groups excluding carboxylic acids is 1. The van der Waals surface area contributed by atoms with Crippen LogP contribution < -0.4 is 5.32 Å². The summed E-state index contributed by atoms with van der Waals surface area (Å²) in [6, 6.07) is 7.89. The lowest BCUT2D eigenvalue weighted by atomic mass is 9.88. The summed E-state index contributed by atoms with van der Waals surface area (Å²) in [5, 5.41) is 4.53. The zero-order chi connectivity index (χ0) is 14.2. The molecule has 0 aliphatic rings. The van der Waals surface area contributed by atoms with Crippen molar-refractivity contribution in [3.8, 4) is 0 Å². The maximum atomic E-state index is 12.3. The van der Waals surface area contributed by atoms with Crippen LogP contribution in [0.1, 0.15) is 37.4 Å². The molecular weight excluding hydrogens is 278 g/mol. The number of rotatable bonds is 2. The third-order valence-electron chi connectivity index (χ3n) is 3.39. The first-order chi connectivity index (χ1) is 8.80. The van der Waals surface area contributed by atoms with Crippen LogP contribution in [0.2, 0.25) is 5.02 Å². The monoisotopic (exact) mass is 295 g/mol. The highest BCUT2D eigenvalue weighted by molar-refractivity contribution is 7.21. The third-order valence-corrected chi connectivity index (χ3v) is 5.06. The van der Waals surface area contributed by atoms with Crippen molar-refractivity contribution in [2.45, 2.75) is 33.7 Å². The lowest BCUT2D eigenvalue weighted by Crippen LogP contribution is -2.41. The largest absolute Gasteiger partial charge is 0.348 e. The van der Waals surface area contributed by atoms with Gasteiger partial charge in [0.25, 0.3) is 5.91 Å². The summed E-state index contributed by atoms with van der Waals surface area (Å²) < 4.78 is 1.04. The predicted octanol–water partition coefficient (Wildman–Crippen LogP) is 4.72. The molecule has 0 aliphatic carbocycles. The lowest BCUT2D eigenvalue weighted by molar-refractivity contribution is 0.0914. The van der Waals surface area contributed by atoms with E-state index in [4.69, 9.17) is 11.6 Å². The molecule has 102 valence electrons. The Bertz CT molecular complexity index is 612. The number of hydrogen-bond donors (Lipinski definition) is 1. The van der Waals surface area contributed by atoms with Gasteiger partial charge in [-0.3, -0.25) is 4.79 Å². The number of thiophene rings is 1. The molecule has 2 nitrogen and oxygen atoms in total. The summed E-state index contributed by atoms with van der Waals surface area (Å²) in [5.74, 6) is -0.0892. The van der Waals surface area contributed by atoms with Crippen LogP contribution >= 0.6 is 22.9 Å². The van der Waals surface area contributed by atoms with Crippen LogP contribution in [0.15, 0.2) is 24.3 Å². The summed E-state index contributed by atoms with van der Waals surface area (Å²) in [5.41, 5.74) is 0.0266. The Balaban J connectivity index is 2.30. The van der Waals surface area contributed by atoms with Gasteiger partial charge in [0, 0.05) is 16.1 Å². The fourth-order valence-corrected chi connectivity index (χ4v) is 3.06. The second-order valence-corrected chi connectivity index (χ2v) is 7.23. The number of amides is 1. The fraction of sp³-hybridized carbons (Fsp3) is 0.400. The van der Waals surface area contributed by atoms with Gasteiger partial charge < -0.3 is 5.32 Å². The Morgan fingerprint density at radius 3 is 2.53 bits per heavy atom. The van der Waals surface area contributed by atoms with Gasteiger partial charge in [-0.25, -0.2) is 0 Å². The van der Waals surface area contributed by atoms with Crippen LogP contribution in [0.25, 0.3) is 10.1 Å². The van der Waals surface area contributed by atoms with Gasteiger partial charge in [-0.15, -0.1) is 11.3 Å². The van der Waals surface area contributed by atoms with Crippen LogP contribution in [0.3, 0.4) is 0 Å². The predicted molar refractivity (Wildman–Crippen MR) is 83.2 cm³/mol. The quantitative estimate of drug-likeness (QED) is 0.853. The maximum absolute atomic E-state index is 12.3.